The summed E-state index contributed by atoms with van der Waals surface area (Å²) in [6, 6.07) is 6.03. The lowest BCUT2D eigenvalue weighted by molar-refractivity contribution is 0.167. The van der Waals surface area contributed by atoms with Crippen LogP contribution in [0.5, 0.6) is 0 Å². The SMILES string of the molecule is CC(O)CCN(C)C(=O)Nc1cccc2c1CCCC2. The number of hydrogen-bond donors (Lipinski definition) is 2. The van der Waals surface area contributed by atoms with E-state index in [1.807, 2.05) is 12.1 Å². The second-order valence-electron chi connectivity index (χ2n) is 5.64. The van der Waals surface area contributed by atoms with Gasteiger partial charge >= 0.3 is 6.03 Å². The molecule has 0 saturated carbocycles. The van der Waals surface area contributed by atoms with Gasteiger partial charge in [0.25, 0.3) is 0 Å². The number of carbonyl (C=O) groups is 1. The van der Waals surface area contributed by atoms with Crippen LogP contribution in [0.3, 0.4) is 0 Å². The van der Waals surface area contributed by atoms with Crippen LogP contribution in [-0.2, 0) is 12.8 Å². The second-order valence-corrected chi connectivity index (χ2v) is 5.64. The van der Waals surface area contributed by atoms with Crippen LogP contribution < -0.4 is 5.32 Å². The highest BCUT2D eigenvalue weighted by Gasteiger charge is 2.16. The summed E-state index contributed by atoms with van der Waals surface area (Å²) >= 11 is 0. The zero-order valence-electron chi connectivity index (χ0n) is 12.4. The predicted octanol–water partition coefficient (Wildman–Crippen LogP) is 2.80. The first kappa shape index (κ1) is 14.9. The topological polar surface area (TPSA) is 52.6 Å². The fourth-order valence-corrected chi connectivity index (χ4v) is 2.59. The molecule has 0 saturated heterocycles. The minimum atomic E-state index is -0.380. The monoisotopic (exact) mass is 276 g/mol. The van der Waals surface area contributed by atoms with E-state index < -0.39 is 0 Å². The van der Waals surface area contributed by atoms with Crippen molar-refractivity contribution in [1.82, 2.24) is 4.90 Å². The van der Waals surface area contributed by atoms with Crippen molar-refractivity contribution in [3.8, 4) is 0 Å². The number of carbonyl (C=O) groups excluding carboxylic acids is 1. The highest BCUT2D eigenvalue weighted by atomic mass is 16.3. The molecule has 0 heterocycles. The van der Waals surface area contributed by atoms with Gasteiger partial charge in [0.15, 0.2) is 0 Å². The van der Waals surface area contributed by atoms with Crippen molar-refractivity contribution in [2.45, 2.75) is 45.1 Å². The summed E-state index contributed by atoms with van der Waals surface area (Å²) in [5.74, 6) is 0. The standard InChI is InChI=1S/C16H24N2O2/c1-12(19)10-11-18(2)16(20)17-15-9-5-7-13-6-3-4-8-14(13)15/h5,7,9,12,19H,3-4,6,8,10-11H2,1-2H3,(H,17,20). The number of hydrogen-bond acceptors (Lipinski definition) is 2. The lowest BCUT2D eigenvalue weighted by Crippen LogP contribution is -2.33. The Morgan fingerprint density at radius 2 is 2.15 bits per heavy atom. The van der Waals surface area contributed by atoms with Gasteiger partial charge in [-0.15, -0.1) is 0 Å². The molecule has 4 nitrogen and oxygen atoms in total. The Morgan fingerprint density at radius 3 is 2.90 bits per heavy atom. The highest BCUT2D eigenvalue weighted by Crippen LogP contribution is 2.27. The maximum Gasteiger partial charge on any atom is 0.321 e. The van der Waals surface area contributed by atoms with Crippen molar-refractivity contribution >= 4 is 11.7 Å². The number of nitrogens with one attached hydrogen (secondary N) is 1. The predicted molar refractivity (Wildman–Crippen MR) is 81.0 cm³/mol. The van der Waals surface area contributed by atoms with Crippen LogP contribution in [-0.4, -0.2) is 35.7 Å². The number of urea groups is 1. The molecule has 1 atom stereocenters. The van der Waals surface area contributed by atoms with E-state index in [1.165, 1.54) is 24.0 Å². The van der Waals surface area contributed by atoms with E-state index in [0.717, 1.165) is 18.5 Å². The fourth-order valence-electron chi connectivity index (χ4n) is 2.59. The summed E-state index contributed by atoms with van der Waals surface area (Å²) in [6.45, 7) is 2.29. The van der Waals surface area contributed by atoms with Gasteiger partial charge < -0.3 is 15.3 Å². The van der Waals surface area contributed by atoms with Gasteiger partial charge in [0.2, 0.25) is 0 Å². The summed E-state index contributed by atoms with van der Waals surface area (Å²) in [6.07, 6.45) is 4.79. The molecule has 0 radical (unpaired) electrons. The third kappa shape index (κ3) is 3.73. The van der Waals surface area contributed by atoms with Crippen molar-refractivity contribution in [3.63, 3.8) is 0 Å². The molecule has 1 aliphatic carbocycles. The lowest BCUT2D eigenvalue weighted by atomic mass is 9.90. The van der Waals surface area contributed by atoms with Gasteiger partial charge in [0.05, 0.1) is 6.10 Å². The molecule has 0 aliphatic heterocycles. The highest BCUT2D eigenvalue weighted by molar-refractivity contribution is 5.90. The van der Waals surface area contributed by atoms with Gasteiger partial charge in [-0.3, -0.25) is 0 Å². The van der Waals surface area contributed by atoms with Gasteiger partial charge in [-0.05, 0) is 56.2 Å². The molecular weight excluding hydrogens is 252 g/mol. The van der Waals surface area contributed by atoms with E-state index in [0.29, 0.717) is 13.0 Å². The fraction of sp³-hybridized carbons (Fsp3) is 0.562. The van der Waals surface area contributed by atoms with Crippen molar-refractivity contribution in [3.05, 3.63) is 29.3 Å². The van der Waals surface area contributed by atoms with E-state index >= 15 is 0 Å². The molecule has 20 heavy (non-hydrogen) atoms. The van der Waals surface area contributed by atoms with Crippen LogP contribution in [0, 0.1) is 0 Å². The van der Waals surface area contributed by atoms with E-state index in [1.54, 1.807) is 18.9 Å². The Hall–Kier alpha value is -1.55. The molecule has 4 heteroatoms. The van der Waals surface area contributed by atoms with Crippen LogP contribution >= 0.6 is 0 Å². The maximum atomic E-state index is 12.1. The third-order valence-corrected chi connectivity index (χ3v) is 3.87. The molecular formula is C16H24N2O2. The zero-order chi connectivity index (χ0) is 14.5. The molecule has 0 bridgehead atoms. The number of amides is 2. The quantitative estimate of drug-likeness (QED) is 0.888. The Bertz CT molecular complexity index is 472. The van der Waals surface area contributed by atoms with Crippen LogP contribution in [0.1, 0.15) is 37.3 Å². The Balaban J connectivity index is 2.01. The smallest absolute Gasteiger partial charge is 0.321 e. The van der Waals surface area contributed by atoms with E-state index in [9.17, 15) is 9.90 Å². The van der Waals surface area contributed by atoms with Gasteiger partial charge in [-0.2, -0.15) is 0 Å². The van der Waals surface area contributed by atoms with Crippen LogP contribution in [0.15, 0.2) is 18.2 Å². The molecule has 2 amide bonds. The summed E-state index contributed by atoms with van der Waals surface area (Å²) in [7, 11) is 1.76. The first-order valence-electron chi connectivity index (χ1n) is 7.39. The largest absolute Gasteiger partial charge is 0.393 e. The number of benzene rings is 1. The van der Waals surface area contributed by atoms with Crippen molar-refractivity contribution in [2.75, 3.05) is 18.9 Å². The number of aliphatic hydroxyl groups excluding tert-OH is 1. The maximum absolute atomic E-state index is 12.1. The minimum absolute atomic E-state index is 0.107. The minimum Gasteiger partial charge on any atom is -0.393 e. The molecule has 2 N–H and O–H groups in total. The number of aliphatic hydroxyl groups is 1. The average Bonchev–Trinajstić information content (AvgIpc) is 2.45. The van der Waals surface area contributed by atoms with Crippen molar-refractivity contribution in [1.29, 1.82) is 0 Å². The average molecular weight is 276 g/mol. The van der Waals surface area contributed by atoms with Gasteiger partial charge in [-0.1, -0.05) is 12.1 Å². The summed E-state index contributed by atoms with van der Waals surface area (Å²) in [5, 5.41) is 12.3. The molecule has 110 valence electrons. The van der Waals surface area contributed by atoms with E-state index in [4.69, 9.17) is 0 Å². The van der Waals surface area contributed by atoms with Crippen molar-refractivity contribution < 1.29 is 9.90 Å². The molecule has 1 aliphatic rings. The summed E-state index contributed by atoms with van der Waals surface area (Å²) in [4.78, 5) is 13.8. The number of rotatable bonds is 4. The molecule has 0 aromatic heterocycles. The second kappa shape index (κ2) is 6.75. The van der Waals surface area contributed by atoms with E-state index in [-0.39, 0.29) is 12.1 Å². The van der Waals surface area contributed by atoms with E-state index in [2.05, 4.69) is 11.4 Å². The summed E-state index contributed by atoms with van der Waals surface area (Å²) in [5.41, 5.74) is 3.59. The molecule has 2 rings (SSSR count). The molecule has 1 aromatic rings. The molecule has 1 aromatic carbocycles. The van der Waals surface area contributed by atoms with Crippen molar-refractivity contribution in [2.24, 2.45) is 0 Å². The first-order chi connectivity index (χ1) is 9.58. The number of fused-ring (bicyclic) bond motifs is 1. The Morgan fingerprint density at radius 1 is 1.40 bits per heavy atom. The van der Waals surface area contributed by atoms with Crippen LogP contribution in [0.2, 0.25) is 0 Å². The third-order valence-electron chi connectivity index (χ3n) is 3.87. The first-order valence-corrected chi connectivity index (χ1v) is 7.39. The van der Waals surface area contributed by atoms with Gasteiger partial charge in [-0.25, -0.2) is 4.79 Å². The Kier molecular flexibility index (Phi) is 5.01. The normalized spacial score (nSPS) is 15.3. The van der Waals surface area contributed by atoms with Crippen LogP contribution in [0.25, 0.3) is 0 Å². The van der Waals surface area contributed by atoms with Gasteiger partial charge in [0, 0.05) is 19.3 Å². The lowest BCUT2D eigenvalue weighted by Gasteiger charge is -2.23. The van der Waals surface area contributed by atoms with Crippen LogP contribution in [0.4, 0.5) is 10.5 Å². The number of nitrogens with zero attached hydrogens (tertiary/aromatic N) is 1. The molecule has 0 fully saturated rings. The number of aryl methyl sites for hydroxylation is 1. The van der Waals surface area contributed by atoms with Gasteiger partial charge in [0.1, 0.15) is 0 Å². The Labute approximate surface area is 120 Å². The molecule has 0 spiro atoms. The zero-order valence-corrected chi connectivity index (χ0v) is 12.4. The number of anilines is 1. The molecule has 1 unspecified atom stereocenters. The summed E-state index contributed by atoms with van der Waals surface area (Å²) < 4.78 is 0.